The number of aromatic nitrogens is 2. The summed E-state index contributed by atoms with van der Waals surface area (Å²) in [6, 6.07) is 0.462. The van der Waals surface area contributed by atoms with Crippen LogP contribution < -0.4 is 5.32 Å². The minimum Gasteiger partial charge on any atom is -0.393 e. The van der Waals surface area contributed by atoms with E-state index in [2.05, 4.69) is 21.8 Å². The molecule has 0 spiro atoms. The lowest BCUT2D eigenvalue weighted by Crippen LogP contribution is -2.36. The highest BCUT2D eigenvalue weighted by Crippen LogP contribution is 2.18. The Balaban J connectivity index is 1.82. The van der Waals surface area contributed by atoms with Crippen LogP contribution in [0.3, 0.4) is 0 Å². The smallest absolute Gasteiger partial charge is 0.0948 e. The molecule has 0 amide bonds. The van der Waals surface area contributed by atoms with Gasteiger partial charge in [-0.2, -0.15) is 0 Å². The van der Waals surface area contributed by atoms with Gasteiger partial charge in [0.25, 0.3) is 0 Å². The molecule has 2 unspecified atom stereocenters. The zero-order valence-electron chi connectivity index (χ0n) is 10.6. The third-order valence-corrected chi connectivity index (χ3v) is 3.48. The molecule has 17 heavy (non-hydrogen) atoms. The minimum absolute atomic E-state index is 0.109. The topological polar surface area (TPSA) is 50.1 Å². The fraction of sp³-hybridized carbons (Fsp3) is 0.769. The van der Waals surface area contributed by atoms with Crippen LogP contribution in [-0.4, -0.2) is 26.8 Å². The molecule has 0 radical (unpaired) electrons. The molecule has 1 aromatic heterocycles. The van der Waals surface area contributed by atoms with Gasteiger partial charge in [0.15, 0.2) is 0 Å². The summed E-state index contributed by atoms with van der Waals surface area (Å²) < 4.78 is 2.20. The summed E-state index contributed by atoms with van der Waals surface area (Å²) in [5.74, 6) is 0. The van der Waals surface area contributed by atoms with Gasteiger partial charge in [-0.15, -0.1) is 0 Å². The Morgan fingerprint density at radius 1 is 1.53 bits per heavy atom. The Kier molecular flexibility index (Phi) is 4.57. The van der Waals surface area contributed by atoms with Crippen LogP contribution in [0.5, 0.6) is 0 Å². The van der Waals surface area contributed by atoms with E-state index in [9.17, 15) is 5.11 Å². The molecule has 2 atom stereocenters. The van der Waals surface area contributed by atoms with Crippen LogP contribution >= 0.6 is 0 Å². The molecular formula is C13H23N3O. The van der Waals surface area contributed by atoms with E-state index in [1.165, 1.54) is 12.1 Å². The lowest BCUT2D eigenvalue weighted by Gasteiger charge is -2.26. The molecule has 0 saturated heterocycles. The number of hydrogen-bond acceptors (Lipinski definition) is 3. The Bertz CT molecular complexity index is 337. The predicted octanol–water partition coefficient (Wildman–Crippen LogP) is 1.69. The Morgan fingerprint density at radius 3 is 3.18 bits per heavy atom. The standard InChI is InChI=1S/C13H23N3O/c1-2-6-16-10-14-8-12(16)9-15-11-4-3-5-13(17)7-11/h8,10-11,13,15,17H,2-7,9H2,1H3. The number of imidazole rings is 1. The van der Waals surface area contributed by atoms with Crippen LogP contribution in [0.2, 0.25) is 0 Å². The number of hydrogen-bond donors (Lipinski definition) is 2. The van der Waals surface area contributed by atoms with E-state index in [1.807, 2.05) is 12.5 Å². The number of aliphatic hydroxyl groups is 1. The fourth-order valence-corrected chi connectivity index (χ4v) is 2.54. The summed E-state index contributed by atoms with van der Waals surface area (Å²) in [6.07, 6.45) is 9.02. The quantitative estimate of drug-likeness (QED) is 0.819. The fourth-order valence-electron chi connectivity index (χ4n) is 2.54. The van der Waals surface area contributed by atoms with E-state index in [0.717, 1.165) is 38.8 Å². The molecule has 4 nitrogen and oxygen atoms in total. The van der Waals surface area contributed by atoms with Gasteiger partial charge in [0, 0.05) is 25.3 Å². The molecule has 4 heteroatoms. The first-order chi connectivity index (χ1) is 8.29. The van der Waals surface area contributed by atoms with Crippen molar-refractivity contribution in [2.75, 3.05) is 0 Å². The Morgan fingerprint density at radius 2 is 2.41 bits per heavy atom. The van der Waals surface area contributed by atoms with Crippen LogP contribution in [0.4, 0.5) is 0 Å². The zero-order chi connectivity index (χ0) is 12.1. The number of rotatable bonds is 5. The van der Waals surface area contributed by atoms with Gasteiger partial charge in [-0.3, -0.25) is 0 Å². The summed E-state index contributed by atoms with van der Waals surface area (Å²) in [4.78, 5) is 4.19. The molecule has 2 rings (SSSR count). The van der Waals surface area contributed by atoms with Gasteiger partial charge in [0.05, 0.1) is 18.1 Å². The third kappa shape index (κ3) is 3.54. The van der Waals surface area contributed by atoms with Crippen molar-refractivity contribution >= 4 is 0 Å². The van der Waals surface area contributed by atoms with Gasteiger partial charge in [-0.05, 0) is 32.1 Å². The zero-order valence-corrected chi connectivity index (χ0v) is 10.6. The minimum atomic E-state index is -0.109. The first kappa shape index (κ1) is 12.6. The number of aryl methyl sites for hydroxylation is 1. The largest absolute Gasteiger partial charge is 0.393 e. The highest BCUT2D eigenvalue weighted by Gasteiger charge is 2.19. The monoisotopic (exact) mass is 237 g/mol. The molecule has 1 fully saturated rings. The van der Waals surface area contributed by atoms with Crippen molar-refractivity contribution in [2.45, 2.75) is 64.3 Å². The first-order valence-electron chi connectivity index (χ1n) is 6.70. The summed E-state index contributed by atoms with van der Waals surface area (Å²) in [6.45, 7) is 4.07. The number of nitrogens with one attached hydrogen (secondary N) is 1. The van der Waals surface area contributed by atoms with E-state index in [-0.39, 0.29) is 6.10 Å². The number of nitrogens with zero attached hydrogens (tertiary/aromatic N) is 2. The predicted molar refractivity (Wildman–Crippen MR) is 67.6 cm³/mol. The molecule has 1 aliphatic carbocycles. The summed E-state index contributed by atoms with van der Waals surface area (Å²) >= 11 is 0. The maximum atomic E-state index is 9.62. The van der Waals surface area contributed by atoms with Crippen molar-refractivity contribution in [3.05, 3.63) is 18.2 Å². The van der Waals surface area contributed by atoms with Gasteiger partial charge in [0.2, 0.25) is 0 Å². The van der Waals surface area contributed by atoms with Crippen LogP contribution in [-0.2, 0) is 13.1 Å². The second-order valence-corrected chi connectivity index (χ2v) is 4.98. The molecule has 2 N–H and O–H groups in total. The van der Waals surface area contributed by atoms with Crippen LogP contribution in [0, 0.1) is 0 Å². The van der Waals surface area contributed by atoms with Crippen LogP contribution in [0.25, 0.3) is 0 Å². The van der Waals surface area contributed by atoms with Crippen molar-refractivity contribution in [3.8, 4) is 0 Å². The highest BCUT2D eigenvalue weighted by atomic mass is 16.3. The third-order valence-electron chi connectivity index (χ3n) is 3.48. The molecule has 1 aliphatic rings. The molecule has 1 saturated carbocycles. The maximum absolute atomic E-state index is 9.62. The van der Waals surface area contributed by atoms with E-state index in [1.54, 1.807) is 0 Å². The van der Waals surface area contributed by atoms with Crippen molar-refractivity contribution in [3.63, 3.8) is 0 Å². The Labute approximate surface area is 103 Å². The highest BCUT2D eigenvalue weighted by molar-refractivity contribution is 4.98. The molecule has 0 aliphatic heterocycles. The average molecular weight is 237 g/mol. The van der Waals surface area contributed by atoms with Crippen molar-refractivity contribution in [1.29, 1.82) is 0 Å². The normalized spacial score (nSPS) is 25.1. The molecule has 96 valence electrons. The van der Waals surface area contributed by atoms with E-state index >= 15 is 0 Å². The van der Waals surface area contributed by atoms with E-state index in [0.29, 0.717) is 6.04 Å². The summed E-state index contributed by atoms with van der Waals surface area (Å²) in [7, 11) is 0. The SMILES string of the molecule is CCCn1cncc1CNC1CCCC(O)C1. The van der Waals surface area contributed by atoms with Crippen molar-refractivity contribution < 1.29 is 5.11 Å². The van der Waals surface area contributed by atoms with E-state index in [4.69, 9.17) is 0 Å². The van der Waals surface area contributed by atoms with Crippen LogP contribution in [0.15, 0.2) is 12.5 Å². The first-order valence-corrected chi connectivity index (χ1v) is 6.70. The molecule has 1 heterocycles. The van der Waals surface area contributed by atoms with Gasteiger partial charge >= 0.3 is 0 Å². The van der Waals surface area contributed by atoms with Crippen molar-refractivity contribution in [1.82, 2.24) is 14.9 Å². The summed E-state index contributed by atoms with van der Waals surface area (Å²) in [5.41, 5.74) is 1.24. The summed E-state index contributed by atoms with van der Waals surface area (Å²) in [5, 5.41) is 13.2. The average Bonchev–Trinajstić information content (AvgIpc) is 2.75. The van der Waals surface area contributed by atoms with Gasteiger partial charge < -0.3 is 15.0 Å². The lowest BCUT2D eigenvalue weighted by atomic mass is 9.93. The Hall–Kier alpha value is -0.870. The molecule has 0 bridgehead atoms. The lowest BCUT2D eigenvalue weighted by molar-refractivity contribution is 0.111. The molecular weight excluding hydrogens is 214 g/mol. The van der Waals surface area contributed by atoms with Crippen molar-refractivity contribution in [2.24, 2.45) is 0 Å². The second-order valence-electron chi connectivity index (χ2n) is 4.98. The maximum Gasteiger partial charge on any atom is 0.0948 e. The van der Waals surface area contributed by atoms with Gasteiger partial charge in [-0.25, -0.2) is 4.98 Å². The van der Waals surface area contributed by atoms with Gasteiger partial charge in [0.1, 0.15) is 0 Å². The van der Waals surface area contributed by atoms with Gasteiger partial charge in [-0.1, -0.05) is 6.92 Å². The number of aliphatic hydroxyl groups excluding tert-OH is 1. The molecule has 1 aromatic rings. The van der Waals surface area contributed by atoms with Crippen LogP contribution in [0.1, 0.15) is 44.7 Å². The second kappa shape index (κ2) is 6.17. The van der Waals surface area contributed by atoms with E-state index < -0.39 is 0 Å². The molecule has 0 aromatic carbocycles.